The number of ether oxygens (including phenoxy) is 1. The predicted molar refractivity (Wildman–Crippen MR) is 76.5 cm³/mol. The van der Waals surface area contributed by atoms with Crippen molar-refractivity contribution in [2.45, 2.75) is 18.7 Å². The SMILES string of the molecule is N[C@H](Cc1c[nH]c2ccccc12)C(=O)OC1NC(=O)NC1=O. The Labute approximate surface area is 125 Å². The van der Waals surface area contributed by atoms with Crippen molar-refractivity contribution in [1.29, 1.82) is 0 Å². The van der Waals surface area contributed by atoms with E-state index in [-0.39, 0.29) is 6.42 Å². The number of nitrogens with one attached hydrogen (secondary N) is 3. The lowest BCUT2D eigenvalue weighted by Gasteiger charge is -2.14. The zero-order chi connectivity index (χ0) is 15.7. The number of hydrogen-bond acceptors (Lipinski definition) is 5. The zero-order valence-corrected chi connectivity index (χ0v) is 11.5. The molecule has 8 heteroatoms. The Morgan fingerprint density at radius 2 is 2.09 bits per heavy atom. The summed E-state index contributed by atoms with van der Waals surface area (Å²) in [7, 11) is 0. The number of benzene rings is 1. The van der Waals surface area contributed by atoms with Gasteiger partial charge >= 0.3 is 12.0 Å². The molecular weight excluding hydrogens is 288 g/mol. The van der Waals surface area contributed by atoms with Crippen LogP contribution in [0.25, 0.3) is 10.9 Å². The van der Waals surface area contributed by atoms with E-state index in [2.05, 4.69) is 10.3 Å². The number of aromatic amines is 1. The third-order valence-electron chi connectivity index (χ3n) is 3.39. The number of H-pyrrole nitrogens is 1. The number of hydrogen-bond donors (Lipinski definition) is 4. The van der Waals surface area contributed by atoms with Gasteiger partial charge in [-0.25, -0.2) is 4.79 Å². The second-order valence-corrected chi connectivity index (χ2v) is 4.95. The van der Waals surface area contributed by atoms with Crippen LogP contribution in [0.15, 0.2) is 30.5 Å². The minimum absolute atomic E-state index is 0.255. The number of esters is 1. The molecule has 2 heterocycles. The number of para-hydroxylation sites is 1. The molecule has 1 unspecified atom stereocenters. The van der Waals surface area contributed by atoms with Crippen LogP contribution < -0.4 is 16.4 Å². The molecule has 1 aromatic carbocycles. The van der Waals surface area contributed by atoms with Gasteiger partial charge in [0.1, 0.15) is 6.04 Å². The molecule has 1 saturated heterocycles. The summed E-state index contributed by atoms with van der Waals surface area (Å²) in [5.74, 6) is -1.47. The van der Waals surface area contributed by atoms with E-state index >= 15 is 0 Å². The van der Waals surface area contributed by atoms with Gasteiger partial charge < -0.3 is 15.5 Å². The van der Waals surface area contributed by atoms with E-state index in [0.29, 0.717) is 0 Å². The maximum absolute atomic E-state index is 11.9. The lowest BCUT2D eigenvalue weighted by Crippen LogP contribution is -2.41. The summed E-state index contributed by atoms with van der Waals surface area (Å²) in [5.41, 5.74) is 7.64. The summed E-state index contributed by atoms with van der Waals surface area (Å²) >= 11 is 0. The molecule has 114 valence electrons. The van der Waals surface area contributed by atoms with Crippen molar-refractivity contribution in [3.63, 3.8) is 0 Å². The van der Waals surface area contributed by atoms with Crippen LogP contribution in [0.3, 0.4) is 0 Å². The number of amides is 3. The van der Waals surface area contributed by atoms with E-state index in [0.717, 1.165) is 16.5 Å². The molecule has 3 amide bonds. The minimum Gasteiger partial charge on any atom is -0.431 e. The van der Waals surface area contributed by atoms with Crippen LogP contribution in [-0.2, 0) is 20.7 Å². The smallest absolute Gasteiger partial charge is 0.325 e. The maximum Gasteiger partial charge on any atom is 0.325 e. The van der Waals surface area contributed by atoms with Gasteiger partial charge in [0.05, 0.1) is 0 Å². The van der Waals surface area contributed by atoms with Gasteiger partial charge in [-0.1, -0.05) is 18.2 Å². The number of imide groups is 1. The van der Waals surface area contributed by atoms with Crippen LogP contribution in [-0.4, -0.2) is 35.2 Å². The van der Waals surface area contributed by atoms with Crippen LogP contribution in [0.4, 0.5) is 4.79 Å². The lowest BCUT2D eigenvalue weighted by molar-refractivity contribution is -0.156. The number of carbonyl (C=O) groups excluding carboxylic acids is 3. The highest BCUT2D eigenvalue weighted by Crippen LogP contribution is 2.19. The topological polar surface area (TPSA) is 126 Å². The molecule has 1 fully saturated rings. The first-order valence-corrected chi connectivity index (χ1v) is 6.67. The number of nitrogens with two attached hydrogens (primary N) is 1. The second kappa shape index (κ2) is 5.49. The Bertz CT molecular complexity index is 754. The Kier molecular flexibility index (Phi) is 3.51. The molecule has 0 aliphatic carbocycles. The van der Waals surface area contributed by atoms with Crippen molar-refractivity contribution < 1.29 is 19.1 Å². The molecule has 1 aromatic heterocycles. The molecule has 0 spiro atoms. The summed E-state index contributed by atoms with van der Waals surface area (Å²) < 4.78 is 4.90. The average molecular weight is 302 g/mol. The molecule has 3 rings (SSSR count). The van der Waals surface area contributed by atoms with Gasteiger partial charge in [0.15, 0.2) is 0 Å². The van der Waals surface area contributed by atoms with Crippen LogP contribution >= 0.6 is 0 Å². The molecule has 2 atom stereocenters. The third kappa shape index (κ3) is 2.63. The van der Waals surface area contributed by atoms with Crippen molar-refractivity contribution in [3.8, 4) is 0 Å². The number of carbonyl (C=O) groups is 3. The molecule has 1 aliphatic heterocycles. The summed E-state index contributed by atoms with van der Waals surface area (Å²) in [6.07, 6.45) is 0.710. The highest BCUT2D eigenvalue weighted by molar-refractivity contribution is 6.04. The molecule has 0 saturated carbocycles. The number of fused-ring (bicyclic) bond motifs is 1. The Morgan fingerprint density at radius 1 is 1.32 bits per heavy atom. The normalized spacial score (nSPS) is 18.9. The van der Waals surface area contributed by atoms with E-state index in [9.17, 15) is 14.4 Å². The van der Waals surface area contributed by atoms with Gasteiger partial charge in [0.25, 0.3) is 12.1 Å². The Balaban J connectivity index is 1.66. The van der Waals surface area contributed by atoms with Crippen molar-refractivity contribution in [2.75, 3.05) is 0 Å². The fourth-order valence-corrected chi connectivity index (χ4v) is 2.31. The molecule has 1 aliphatic rings. The van der Waals surface area contributed by atoms with Gasteiger partial charge in [-0.15, -0.1) is 0 Å². The second-order valence-electron chi connectivity index (χ2n) is 4.95. The summed E-state index contributed by atoms with van der Waals surface area (Å²) in [4.78, 5) is 37.3. The van der Waals surface area contributed by atoms with Gasteiger partial charge in [0, 0.05) is 23.5 Å². The zero-order valence-electron chi connectivity index (χ0n) is 11.5. The van der Waals surface area contributed by atoms with Gasteiger partial charge in [-0.2, -0.15) is 0 Å². The molecule has 5 N–H and O–H groups in total. The van der Waals surface area contributed by atoms with E-state index in [1.165, 1.54) is 0 Å². The fourth-order valence-electron chi connectivity index (χ4n) is 2.31. The third-order valence-corrected chi connectivity index (χ3v) is 3.39. The van der Waals surface area contributed by atoms with Crippen LogP contribution in [0.5, 0.6) is 0 Å². The van der Waals surface area contributed by atoms with Crippen molar-refractivity contribution in [2.24, 2.45) is 5.73 Å². The monoisotopic (exact) mass is 302 g/mol. The molecule has 2 aromatic rings. The average Bonchev–Trinajstić information content (AvgIpc) is 3.03. The van der Waals surface area contributed by atoms with Gasteiger partial charge in [0.2, 0.25) is 0 Å². The molecule has 8 nitrogen and oxygen atoms in total. The molecule has 22 heavy (non-hydrogen) atoms. The van der Waals surface area contributed by atoms with Crippen molar-refractivity contribution in [3.05, 3.63) is 36.0 Å². The summed E-state index contributed by atoms with van der Waals surface area (Å²) in [6, 6.07) is 5.99. The highest BCUT2D eigenvalue weighted by Gasteiger charge is 2.34. The maximum atomic E-state index is 11.9. The molecular formula is C14H14N4O4. The lowest BCUT2D eigenvalue weighted by atomic mass is 10.1. The molecule has 0 bridgehead atoms. The summed E-state index contributed by atoms with van der Waals surface area (Å²) in [5, 5.41) is 5.11. The minimum atomic E-state index is -1.32. The van der Waals surface area contributed by atoms with Crippen molar-refractivity contribution >= 4 is 28.8 Å². The largest absolute Gasteiger partial charge is 0.431 e. The Morgan fingerprint density at radius 3 is 2.82 bits per heavy atom. The van der Waals surface area contributed by atoms with E-state index in [1.807, 2.05) is 29.6 Å². The number of aromatic nitrogens is 1. The quantitative estimate of drug-likeness (QED) is 0.457. The highest BCUT2D eigenvalue weighted by atomic mass is 16.6. The van der Waals surface area contributed by atoms with Crippen LogP contribution in [0.1, 0.15) is 5.56 Å². The van der Waals surface area contributed by atoms with Gasteiger partial charge in [-0.05, 0) is 11.6 Å². The molecule has 0 radical (unpaired) electrons. The van der Waals surface area contributed by atoms with E-state index in [1.54, 1.807) is 6.20 Å². The number of rotatable bonds is 4. The first-order valence-electron chi connectivity index (χ1n) is 6.67. The first-order chi connectivity index (χ1) is 10.5. The Hall–Kier alpha value is -2.87. The predicted octanol–water partition coefficient (Wildman–Crippen LogP) is -0.254. The first kappa shape index (κ1) is 14.1. The van der Waals surface area contributed by atoms with Crippen molar-refractivity contribution in [1.82, 2.24) is 15.6 Å². The standard InChI is InChI=1S/C14H14N4O4/c15-9(13(20)22-12-11(19)17-14(21)18-12)5-7-6-16-10-4-2-1-3-8(7)10/h1-4,6,9,12,16H,5,15H2,(H2,17,18,19,21)/t9-,12?/m1/s1. The van der Waals surface area contributed by atoms with Crippen LogP contribution in [0.2, 0.25) is 0 Å². The van der Waals surface area contributed by atoms with E-state index in [4.69, 9.17) is 10.5 Å². The number of urea groups is 1. The fraction of sp³-hybridized carbons (Fsp3) is 0.214. The van der Waals surface area contributed by atoms with Gasteiger partial charge in [-0.3, -0.25) is 20.2 Å². The van der Waals surface area contributed by atoms with Crippen LogP contribution in [0, 0.1) is 0 Å². The summed E-state index contributed by atoms with van der Waals surface area (Å²) in [6.45, 7) is 0. The van der Waals surface area contributed by atoms with E-state index < -0.39 is 30.2 Å².